The molecule has 2 heterocycles. The molecule has 3 nitrogen and oxygen atoms in total. The van der Waals surface area contributed by atoms with Gasteiger partial charge in [0, 0.05) is 41.8 Å². The van der Waals surface area contributed by atoms with E-state index in [1.54, 1.807) is 11.1 Å². The lowest BCUT2D eigenvalue weighted by Crippen LogP contribution is -2.28. The van der Waals surface area contributed by atoms with Gasteiger partial charge in [-0.2, -0.15) is 0 Å². The van der Waals surface area contributed by atoms with Crippen molar-refractivity contribution < 1.29 is 8.78 Å². The predicted molar refractivity (Wildman–Crippen MR) is 100 cm³/mol. The number of hydrogen-bond donors (Lipinski definition) is 1. The van der Waals surface area contributed by atoms with Crippen LogP contribution in [-0.2, 0) is 13.1 Å². The smallest absolute Gasteiger partial charge is 0.251 e. The first-order valence-electron chi connectivity index (χ1n) is 8.58. The number of nitrogens with one attached hydrogen (secondary N) is 1. The Balaban J connectivity index is 1.59. The van der Waals surface area contributed by atoms with E-state index in [1.165, 1.54) is 0 Å². The quantitative estimate of drug-likeness (QED) is 0.531. The van der Waals surface area contributed by atoms with Gasteiger partial charge in [0.1, 0.15) is 0 Å². The fourth-order valence-corrected chi connectivity index (χ4v) is 3.34. The van der Waals surface area contributed by atoms with Gasteiger partial charge in [-0.05, 0) is 29.3 Å². The summed E-state index contributed by atoms with van der Waals surface area (Å²) in [5, 5.41) is 2.09. The van der Waals surface area contributed by atoms with Crippen molar-refractivity contribution in [3.63, 3.8) is 0 Å². The summed E-state index contributed by atoms with van der Waals surface area (Å²) in [6.07, 6.45) is 1.30. The molecule has 1 N–H and O–H groups in total. The zero-order valence-corrected chi connectivity index (χ0v) is 14.2. The van der Waals surface area contributed by atoms with Crippen molar-refractivity contribution in [2.75, 3.05) is 6.54 Å². The molecule has 4 rings (SSSR count). The van der Waals surface area contributed by atoms with Crippen LogP contribution in [0.15, 0.2) is 67.0 Å². The summed E-state index contributed by atoms with van der Waals surface area (Å²) in [6, 6.07) is 17.8. The van der Waals surface area contributed by atoms with Crippen LogP contribution < -0.4 is 0 Å². The van der Waals surface area contributed by atoms with Crippen LogP contribution in [0.4, 0.5) is 8.78 Å². The number of benzene rings is 2. The number of alkyl halides is 2. The number of hydrogen-bond acceptors (Lipinski definition) is 2. The second-order valence-electron chi connectivity index (χ2n) is 6.46. The fraction of sp³-hybridized carbons (Fsp3) is 0.190. The standard InChI is InChI=1S/C21H19F2N3/c22-21(23)14-26(13-17-11-25-20-8-4-2-6-18(17)20)12-15-9-16-5-1-3-7-19(16)24-10-15/h1-11,21,25H,12-14H2. The average Bonchev–Trinajstić information content (AvgIpc) is 3.04. The molecule has 0 spiro atoms. The van der Waals surface area contributed by atoms with Gasteiger partial charge in [-0.1, -0.05) is 36.4 Å². The zero-order chi connectivity index (χ0) is 17.9. The van der Waals surface area contributed by atoms with Crippen LogP contribution >= 0.6 is 0 Å². The Hall–Kier alpha value is -2.79. The van der Waals surface area contributed by atoms with E-state index in [9.17, 15) is 8.78 Å². The van der Waals surface area contributed by atoms with Crippen molar-refractivity contribution in [3.8, 4) is 0 Å². The summed E-state index contributed by atoms with van der Waals surface area (Å²) in [5.41, 5.74) is 3.89. The maximum Gasteiger partial charge on any atom is 0.251 e. The number of pyridine rings is 1. The predicted octanol–water partition coefficient (Wildman–Crippen LogP) is 4.98. The number of aromatic nitrogens is 2. The van der Waals surface area contributed by atoms with E-state index in [1.807, 2.05) is 60.8 Å². The molecule has 0 saturated carbocycles. The van der Waals surface area contributed by atoms with Gasteiger partial charge in [0.25, 0.3) is 6.43 Å². The van der Waals surface area contributed by atoms with Gasteiger partial charge in [0.15, 0.2) is 0 Å². The minimum atomic E-state index is -2.38. The van der Waals surface area contributed by atoms with Crippen molar-refractivity contribution >= 4 is 21.8 Å². The van der Waals surface area contributed by atoms with Crippen molar-refractivity contribution in [1.82, 2.24) is 14.9 Å². The van der Waals surface area contributed by atoms with Crippen molar-refractivity contribution in [2.45, 2.75) is 19.5 Å². The highest BCUT2D eigenvalue weighted by Crippen LogP contribution is 2.21. The number of halogens is 2. The van der Waals surface area contributed by atoms with Gasteiger partial charge in [-0.3, -0.25) is 9.88 Å². The Bertz CT molecular complexity index is 1030. The minimum absolute atomic E-state index is 0.271. The van der Waals surface area contributed by atoms with E-state index in [4.69, 9.17) is 0 Å². The first-order valence-corrected chi connectivity index (χ1v) is 8.58. The van der Waals surface area contributed by atoms with Crippen LogP contribution in [-0.4, -0.2) is 27.8 Å². The summed E-state index contributed by atoms with van der Waals surface area (Å²) < 4.78 is 26.2. The molecule has 0 fully saturated rings. The monoisotopic (exact) mass is 351 g/mol. The molecule has 0 aliphatic carbocycles. The third kappa shape index (κ3) is 3.58. The molecule has 0 unspecified atom stereocenters. The van der Waals surface area contributed by atoms with Crippen LogP contribution in [0.25, 0.3) is 21.8 Å². The molecule has 0 aliphatic rings. The SMILES string of the molecule is FC(F)CN(Cc1cnc2ccccc2c1)Cc1c[nH]c2ccccc12. The molecule has 26 heavy (non-hydrogen) atoms. The Morgan fingerprint density at radius 3 is 2.69 bits per heavy atom. The van der Waals surface area contributed by atoms with E-state index in [2.05, 4.69) is 9.97 Å². The Morgan fingerprint density at radius 2 is 1.81 bits per heavy atom. The van der Waals surface area contributed by atoms with Crippen molar-refractivity contribution in [3.05, 3.63) is 78.1 Å². The lowest BCUT2D eigenvalue weighted by Gasteiger charge is -2.22. The largest absolute Gasteiger partial charge is 0.361 e. The summed E-state index contributed by atoms with van der Waals surface area (Å²) in [7, 11) is 0. The summed E-state index contributed by atoms with van der Waals surface area (Å²) >= 11 is 0. The third-order valence-electron chi connectivity index (χ3n) is 4.52. The molecule has 0 aliphatic heterocycles. The molecule has 0 bridgehead atoms. The van der Waals surface area contributed by atoms with E-state index in [0.717, 1.165) is 32.9 Å². The van der Waals surface area contributed by atoms with Gasteiger partial charge in [0.2, 0.25) is 0 Å². The van der Waals surface area contributed by atoms with Crippen LogP contribution in [0.2, 0.25) is 0 Å². The average molecular weight is 351 g/mol. The molecule has 132 valence electrons. The molecular formula is C21H19F2N3. The highest BCUT2D eigenvalue weighted by molar-refractivity contribution is 5.83. The number of aromatic amines is 1. The second kappa shape index (κ2) is 7.22. The highest BCUT2D eigenvalue weighted by atomic mass is 19.3. The third-order valence-corrected chi connectivity index (χ3v) is 4.52. The van der Waals surface area contributed by atoms with Crippen molar-refractivity contribution in [1.29, 1.82) is 0 Å². The molecule has 0 radical (unpaired) electrons. The van der Waals surface area contributed by atoms with Gasteiger partial charge in [0.05, 0.1) is 12.1 Å². The first kappa shape index (κ1) is 16.7. The minimum Gasteiger partial charge on any atom is -0.361 e. The molecule has 4 aromatic rings. The zero-order valence-electron chi connectivity index (χ0n) is 14.2. The maximum atomic E-state index is 13.1. The van der Waals surface area contributed by atoms with Gasteiger partial charge in [-0.15, -0.1) is 0 Å². The highest BCUT2D eigenvalue weighted by Gasteiger charge is 2.15. The molecule has 0 saturated heterocycles. The van der Waals surface area contributed by atoms with E-state index in [-0.39, 0.29) is 6.54 Å². The molecular weight excluding hydrogens is 332 g/mol. The van der Waals surface area contributed by atoms with E-state index >= 15 is 0 Å². The molecule has 2 aromatic carbocycles. The number of H-pyrrole nitrogens is 1. The molecule has 0 amide bonds. The Labute approximate surface area is 150 Å². The molecule has 0 atom stereocenters. The van der Waals surface area contributed by atoms with Crippen LogP contribution in [0.5, 0.6) is 0 Å². The normalized spacial score (nSPS) is 11.8. The number of nitrogens with zero attached hydrogens (tertiary/aromatic N) is 2. The van der Waals surface area contributed by atoms with E-state index < -0.39 is 6.43 Å². The summed E-state index contributed by atoms with van der Waals surface area (Å²) in [5.74, 6) is 0. The summed E-state index contributed by atoms with van der Waals surface area (Å²) in [4.78, 5) is 9.42. The topological polar surface area (TPSA) is 31.9 Å². The molecule has 5 heteroatoms. The summed E-state index contributed by atoms with van der Waals surface area (Å²) in [6.45, 7) is 0.620. The number of rotatable bonds is 6. The van der Waals surface area contributed by atoms with Crippen LogP contribution in [0.3, 0.4) is 0 Å². The molecule has 2 aromatic heterocycles. The van der Waals surface area contributed by atoms with Crippen molar-refractivity contribution in [2.24, 2.45) is 0 Å². The van der Waals surface area contributed by atoms with Gasteiger partial charge < -0.3 is 4.98 Å². The Kier molecular flexibility index (Phi) is 4.63. The lowest BCUT2D eigenvalue weighted by molar-refractivity contribution is 0.0811. The van der Waals surface area contributed by atoms with Crippen LogP contribution in [0, 0.1) is 0 Å². The second-order valence-corrected chi connectivity index (χ2v) is 6.46. The number of fused-ring (bicyclic) bond motifs is 2. The van der Waals surface area contributed by atoms with Crippen LogP contribution in [0.1, 0.15) is 11.1 Å². The number of para-hydroxylation sites is 2. The maximum absolute atomic E-state index is 13.1. The van der Waals surface area contributed by atoms with E-state index in [0.29, 0.717) is 13.1 Å². The first-order chi connectivity index (χ1) is 12.7. The van der Waals surface area contributed by atoms with Gasteiger partial charge >= 0.3 is 0 Å². The lowest BCUT2D eigenvalue weighted by atomic mass is 10.1. The fourth-order valence-electron chi connectivity index (χ4n) is 3.34. The van der Waals surface area contributed by atoms with Gasteiger partial charge in [-0.25, -0.2) is 8.78 Å². The Morgan fingerprint density at radius 1 is 1.00 bits per heavy atom.